The molecule has 0 radical (unpaired) electrons. The summed E-state index contributed by atoms with van der Waals surface area (Å²) < 4.78 is 39.7. The highest BCUT2D eigenvalue weighted by Crippen LogP contribution is 2.36. The average molecular weight is 314 g/mol. The van der Waals surface area contributed by atoms with Crippen LogP contribution in [0.3, 0.4) is 0 Å². The highest BCUT2D eigenvalue weighted by atomic mass is 32.2. The minimum Gasteiger partial charge on any atom is -0.464 e. The number of ether oxygens (including phenoxy) is 1. The summed E-state index contributed by atoms with van der Waals surface area (Å²) in [4.78, 5) is 0. The molecular formula is C14H22N2O4S. The standard InChI is InChI=1S/C14H22N2O4S/c1-2-12-5-6-14(20-12)13-4-3-7-16(13)21(17,18)15-8-10-19-11-9-15/h5-6,13H,2-4,7-11H2,1H3. The highest BCUT2D eigenvalue weighted by molar-refractivity contribution is 7.86. The third-order valence-electron chi connectivity index (χ3n) is 4.16. The van der Waals surface area contributed by atoms with Gasteiger partial charge >= 0.3 is 0 Å². The zero-order valence-corrected chi connectivity index (χ0v) is 13.1. The molecule has 0 bridgehead atoms. The number of morpholine rings is 1. The summed E-state index contributed by atoms with van der Waals surface area (Å²) >= 11 is 0. The first kappa shape index (κ1) is 15.0. The van der Waals surface area contributed by atoms with E-state index in [1.165, 1.54) is 4.31 Å². The molecule has 2 fully saturated rings. The van der Waals surface area contributed by atoms with Gasteiger partial charge in [-0.1, -0.05) is 6.92 Å². The van der Waals surface area contributed by atoms with E-state index in [1.807, 2.05) is 19.1 Å². The molecule has 0 spiro atoms. The number of nitrogens with zero attached hydrogens (tertiary/aromatic N) is 2. The second-order valence-electron chi connectivity index (χ2n) is 5.45. The van der Waals surface area contributed by atoms with E-state index in [0.717, 1.165) is 30.8 Å². The van der Waals surface area contributed by atoms with Gasteiger partial charge in [0.1, 0.15) is 11.5 Å². The molecule has 0 saturated carbocycles. The van der Waals surface area contributed by atoms with Crippen LogP contribution < -0.4 is 0 Å². The highest BCUT2D eigenvalue weighted by Gasteiger charge is 2.40. The van der Waals surface area contributed by atoms with Gasteiger partial charge < -0.3 is 9.15 Å². The lowest BCUT2D eigenvalue weighted by molar-refractivity contribution is 0.0697. The van der Waals surface area contributed by atoms with Gasteiger partial charge in [0, 0.05) is 26.1 Å². The molecule has 1 aromatic rings. The molecule has 2 saturated heterocycles. The van der Waals surface area contributed by atoms with Crippen molar-refractivity contribution >= 4 is 10.2 Å². The predicted octanol–water partition coefficient (Wildman–Crippen LogP) is 1.56. The second kappa shape index (κ2) is 6.08. The Labute approximate surface area is 125 Å². The number of aryl methyl sites for hydroxylation is 1. The van der Waals surface area contributed by atoms with Crippen LogP contribution in [0.5, 0.6) is 0 Å². The quantitative estimate of drug-likeness (QED) is 0.846. The normalized spacial score (nSPS) is 25.5. The molecular weight excluding hydrogens is 292 g/mol. The number of hydrogen-bond donors (Lipinski definition) is 0. The Kier molecular flexibility index (Phi) is 4.35. The van der Waals surface area contributed by atoms with Crippen molar-refractivity contribution in [3.8, 4) is 0 Å². The monoisotopic (exact) mass is 314 g/mol. The molecule has 7 heteroatoms. The van der Waals surface area contributed by atoms with Crippen LogP contribution >= 0.6 is 0 Å². The fourth-order valence-corrected chi connectivity index (χ4v) is 4.79. The fraction of sp³-hybridized carbons (Fsp3) is 0.714. The van der Waals surface area contributed by atoms with Crippen LogP contribution in [0.2, 0.25) is 0 Å². The van der Waals surface area contributed by atoms with E-state index >= 15 is 0 Å². The lowest BCUT2D eigenvalue weighted by atomic mass is 10.2. The van der Waals surface area contributed by atoms with Crippen molar-refractivity contribution in [2.24, 2.45) is 0 Å². The zero-order valence-electron chi connectivity index (χ0n) is 12.3. The summed E-state index contributed by atoms with van der Waals surface area (Å²) in [5.41, 5.74) is 0. The maximum absolute atomic E-state index is 12.8. The predicted molar refractivity (Wildman–Crippen MR) is 78.1 cm³/mol. The maximum Gasteiger partial charge on any atom is 0.282 e. The van der Waals surface area contributed by atoms with E-state index in [0.29, 0.717) is 32.8 Å². The molecule has 21 heavy (non-hydrogen) atoms. The Morgan fingerprint density at radius 2 is 2.00 bits per heavy atom. The Morgan fingerprint density at radius 3 is 2.67 bits per heavy atom. The Balaban J connectivity index is 1.82. The summed E-state index contributed by atoms with van der Waals surface area (Å²) in [6, 6.07) is 3.68. The van der Waals surface area contributed by atoms with Gasteiger partial charge in [0.2, 0.25) is 0 Å². The largest absolute Gasteiger partial charge is 0.464 e. The average Bonchev–Trinajstić information content (AvgIpc) is 3.16. The first-order valence-corrected chi connectivity index (χ1v) is 8.96. The van der Waals surface area contributed by atoms with Crippen molar-refractivity contribution in [2.75, 3.05) is 32.8 Å². The molecule has 1 atom stereocenters. The van der Waals surface area contributed by atoms with Crippen molar-refractivity contribution in [3.63, 3.8) is 0 Å². The van der Waals surface area contributed by atoms with Gasteiger partial charge in [-0.25, -0.2) is 0 Å². The molecule has 118 valence electrons. The third kappa shape index (κ3) is 2.88. The molecule has 0 N–H and O–H groups in total. The molecule has 0 aromatic carbocycles. The Hall–Kier alpha value is -0.890. The van der Waals surface area contributed by atoms with E-state index < -0.39 is 10.2 Å². The van der Waals surface area contributed by atoms with Gasteiger partial charge in [-0.05, 0) is 25.0 Å². The summed E-state index contributed by atoms with van der Waals surface area (Å²) in [5.74, 6) is 1.67. The van der Waals surface area contributed by atoms with Gasteiger partial charge in [-0.3, -0.25) is 0 Å². The molecule has 1 aromatic heterocycles. The Morgan fingerprint density at radius 1 is 1.24 bits per heavy atom. The number of rotatable bonds is 4. The van der Waals surface area contributed by atoms with Crippen LogP contribution in [0.1, 0.15) is 37.3 Å². The Bertz CT molecular complexity index is 578. The summed E-state index contributed by atoms with van der Waals surface area (Å²) in [7, 11) is -3.43. The lowest BCUT2D eigenvalue weighted by Gasteiger charge is -2.32. The minimum atomic E-state index is -3.43. The molecule has 1 unspecified atom stereocenters. The number of furan rings is 1. The van der Waals surface area contributed by atoms with Crippen molar-refractivity contribution in [1.29, 1.82) is 0 Å². The van der Waals surface area contributed by atoms with E-state index in [2.05, 4.69) is 0 Å². The molecule has 0 aliphatic carbocycles. The molecule has 6 nitrogen and oxygen atoms in total. The minimum absolute atomic E-state index is 0.168. The van der Waals surface area contributed by atoms with Gasteiger partial charge in [-0.15, -0.1) is 0 Å². The van der Waals surface area contributed by atoms with Gasteiger partial charge in [0.25, 0.3) is 10.2 Å². The first-order chi connectivity index (χ1) is 10.1. The number of hydrogen-bond acceptors (Lipinski definition) is 4. The molecule has 2 aliphatic rings. The maximum atomic E-state index is 12.8. The zero-order chi connectivity index (χ0) is 14.9. The van der Waals surface area contributed by atoms with E-state index in [4.69, 9.17) is 9.15 Å². The van der Waals surface area contributed by atoms with Gasteiger partial charge in [-0.2, -0.15) is 17.0 Å². The molecule has 3 rings (SSSR count). The third-order valence-corrected chi connectivity index (χ3v) is 6.20. The van der Waals surface area contributed by atoms with Crippen molar-refractivity contribution in [1.82, 2.24) is 8.61 Å². The van der Waals surface area contributed by atoms with Crippen LogP contribution in [0, 0.1) is 0 Å². The van der Waals surface area contributed by atoms with Crippen LogP contribution in [0.25, 0.3) is 0 Å². The van der Waals surface area contributed by atoms with Crippen molar-refractivity contribution < 1.29 is 17.6 Å². The fourth-order valence-electron chi connectivity index (χ4n) is 2.99. The van der Waals surface area contributed by atoms with E-state index in [-0.39, 0.29) is 6.04 Å². The van der Waals surface area contributed by atoms with Gasteiger partial charge in [0.15, 0.2) is 0 Å². The second-order valence-corrected chi connectivity index (χ2v) is 7.33. The molecule has 2 aliphatic heterocycles. The van der Waals surface area contributed by atoms with Crippen LogP contribution in [0.15, 0.2) is 16.5 Å². The lowest BCUT2D eigenvalue weighted by Crippen LogP contribution is -2.48. The summed E-state index contributed by atoms with van der Waals surface area (Å²) in [6.45, 7) is 4.40. The smallest absolute Gasteiger partial charge is 0.282 e. The van der Waals surface area contributed by atoms with Crippen molar-refractivity contribution in [2.45, 2.75) is 32.2 Å². The van der Waals surface area contributed by atoms with Crippen LogP contribution in [-0.2, 0) is 21.4 Å². The van der Waals surface area contributed by atoms with Crippen molar-refractivity contribution in [3.05, 3.63) is 23.7 Å². The first-order valence-electron chi connectivity index (χ1n) is 7.56. The molecule has 3 heterocycles. The van der Waals surface area contributed by atoms with Crippen LogP contribution in [0.4, 0.5) is 0 Å². The SMILES string of the molecule is CCc1ccc(C2CCCN2S(=O)(=O)N2CCOCC2)o1. The van der Waals surface area contributed by atoms with Crippen LogP contribution in [-0.4, -0.2) is 49.9 Å². The van der Waals surface area contributed by atoms with E-state index in [9.17, 15) is 8.42 Å². The molecule has 0 amide bonds. The summed E-state index contributed by atoms with van der Waals surface area (Å²) in [5, 5.41) is 0. The topological polar surface area (TPSA) is 63.0 Å². The van der Waals surface area contributed by atoms with E-state index in [1.54, 1.807) is 4.31 Å². The van der Waals surface area contributed by atoms with Gasteiger partial charge in [0.05, 0.1) is 19.3 Å². The summed E-state index contributed by atoms with van der Waals surface area (Å²) in [6.07, 6.45) is 2.51.